The largest absolute Gasteiger partial charge is 0.446 e. The number of fused-ring (bicyclic) bond motifs is 1. The molecule has 234 valence electrons. The maximum absolute atomic E-state index is 12.8. The van der Waals surface area contributed by atoms with Crippen molar-refractivity contribution in [1.29, 1.82) is 0 Å². The fourth-order valence-corrected chi connectivity index (χ4v) is 8.56. The van der Waals surface area contributed by atoms with Crippen LogP contribution in [0.15, 0.2) is 52.5 Å². The van der Waals surface area contributed by atoms with Crippen molar-refractivity contribution >= 4 is 17.7 Å². The van der Waals surface area contributed by atoms with E-state index in [0.717, 1.165) is 31.3 Å². The second-order valence-corrected chi connectivity index (χ2v) is 15.0. The molecular weight excluding hydrogens is 559 g/mol. The highest BCUT2D eigenvalue weighted by Gasteiger charge is 2.50. The number of hydrogen-bond acceptors (Lipinski definition) is 4. The van der Waals surface area contributed by atoms with Crippen LogP contribution in [-0.2, 0) is 0 Å². The quantitative estimate of drug-likeness (QED) is 0.246. The monoisotopic (exact) mass is 607 g/mol. The van der Waals surface area contributed by atoms with Gasteiger partial charge in [-0.2, -0.15) is 13.2 Å². The van der Waals surface area contributed by atoms with Gasteiger partial charge in [-0.1, -0.05) is 50.0 Å². The molecule has 8 heteroatoms. The summed E-state index contributed by atoms with van der Waals surface area (Å²) in [6, 6.07) is 5.21. The third-order valence-electron chi connectivity index (χ3n) is 9.95. The van der Waals surface area contributed by atoms with E-state index < -0.39 is 17.2 Å². The Labute approximate surface area is 253 Å². The van der Waals surface area contributed by atoms with Gasteiger partial charge in [0.15, 0.2) is 0 Å². The summed E-state index contributed by atoms with van der Waals surface area (Å²) >= 11 is -0.201. The number of halogens is 3. The fraction of sp³-hybridized carbons (Fsp3) is 0.676. The normalized spacial score (nSPS) is 31.3. The van der Waals surface area contributed by atoms with Crippen LogP contribution in [0.2, 0.25) is 0 Å². The predicted octanol–water partition coefficient (Wildman–Crippen LogP) is 8.59. The van der Waals surface area contributed by atoms with Crippen molar-refractivity contribution < 1.29 is 28.2 Å². The van der Waals surface area contributed by atoms with Crippen LogP contribution in [0, 0.1) is 23.2 Å². The molecule has 0 saturated heterocycles. The van der Waals surface area contributed by atoms with Crippen LogP contribution in [0.3, 0.4) is 0 Å². The summed E-state index contributed by atoms with van der Waals surface area (Å²) in [7, 11) is 0. The minimum absolute atomic E-state index is 0.0398. The minimum Gasteiger partial charge on any atom is -0.393 e. The number of rotatable bonds is 9. The third-order valence-corrected chi connectivity index (χ3v) is 10.7. The van der Waals surface area contributed by atoms with Gasteiger partial charge < -0.3 is 15.5 Å². The molecule has 6 atom stereocenters. The van der Waals surface area contributed by atoms with E-state index in [4.69, 9.17) is 0 Å². The first-order valence-corrected chi connectivity index (χ1v) is 16.4. The lowest BCUT2D eigenvalue weighted by Gasteiger charge is -2.44. The molecule has 0 aliphatic heterocycles. The summed E-state index contributed by atoms with van der Waals surface area (Å²) in [6.45, 7) is 8.67. The van der Waals surface area contributed by atoms with Gasteiger partial charge in [0.05, 0.1) is 11.7 Å². The highest BCUT2D eigenvalue weighted by atomic mass is 32.2. The molecule has 1 aromatic carbocycles. The minimum atomic E-state index is -4.37. The number of benzene rings is 1. The lowest BCUT2D eigenvalue weighted by molar-refractivity contribution is -0.0328. The van der Waals surface area contributed by atoms with Crippen molar-refractivity contribution in [1.82, 2.24) is 5.32 Å². The van der Waals surface area contributed by atoms with Crippen molar-refractivity contribution in [3.63, 3.8) is 0 Å². The van der Waals surface area contributed by atoms with Crippen LogP contribution >= 0.6 is 11.8 Å². The van der Waals surface area contributed by atoms with Crippen molar-refractivity contribution in [2.45, 2.75) is 126 Å². The number of thioether (sulfide) groups is 1. The van der Waals surface area contributed by atoms with E-state index >= 15 is 0 Å². The van der Waals surface area contributed by atoms with E-state index in [2.05, 4.69) is 31.3 Å². The second kappa shape index (κ2) is 13.5. The summed E-state index contributed by atoms with van der Waals surface area (Å²) in [5.74, 6) is 1.56. The fourth-order valence-electron chi connectivity index (χ4n) is 8.02. The van der Waals surface area contributed by atoms with E-state index in [0.29, 0.717) is 48.0 Å². The number of hydrogen-bond donors (Lipinski definition) is 3. The third kappa shape index (κ3) is 8.88. The van der Waals surface area contributed by atoms with Crippen LogP contribution in [0.4, 0.5) is 13.2 Å². The molecule has 3 saturated carbocycles. The lowest BCUT2D eigenvalue weighted by Crippen LogP contribution is -2.40. The molecule has 0 heterocycles. The van der Waals surface area contributed by atoms with Crippen molar-refractivity contribution in [2.75, 3.05) is 0 Å². The Balaban J connectivity index is 1.37. The number of aliphatic hydroxyl groups is 2. The summed E-state index contributed by atoms with van der Waals surface area (Å²) in [5.41, 5.74) is -1.74. The number of alkyl halides is 3. The maximum atomic E-state index is 12.8. The summed E-state index contributed by atoms with van der Waals surface area (Å²) in [4.78, 5) is 12.9. The van der Waals surface area contributed by atoms with E-state index in [9.17, 15) is 28.2 Å². The van der Waals surface area contributed by atoms with Gasteiger partial charge in [0, 0.05) is 16.5 Å². The first-order chi connectivity index (χ1) is 19.6. The van der Waals surface area contributed by atoms with Crippen molar-refractivity contribution in [2.24, 2.45) is 23.2 Å². The van der Waals surface area contributed by atoms with E-state index in [-0.39, 0.29) is 28.6 Å². The Kier molecular flexibility index (Phi) is 10.6. The average molecular weight is 608 g/mol. The molecule has 0 aromatic heterocycles. The Morgan fingerprint density at radius 2 is 1.88 bits per heavy atom. The maximum Gasteiger partial charge on any atom is 0.446 e. The molecule has 3 N–H and O–H groups in total. The highest BCUT2D eigenvalue weighted by Crippen LogP contribution is 2.60. The molecule has 3 aliphatic carbocycles. The Morgan fingerprint density at radius 3 is 2.55 bits per heavy atom. The average Bonchev–Trinajstić information content (AvgIpc) is 3.23. The molecule has 3 fully saturated rings. The summed E-state index contributed by atoms with van der Waals surface area (Å²) in [6.07, 6.45) is 14.7. The van der Waals surface area contributed by atoms with Gasteiger partial charge in [0.25, 0.3) is 5.91 Å². The highest BCUT2D eigenvalue weighted by molar-refractivity contribution is 8.00. The predicted molar refractivity (Wildman–Crippen MR) is 163 cm³/mol. The van der Waals surface area contributed by atoms with Gasteiger partial charge in [-0.3, -0.25) is 4.79 Å². The summed E-state index contributed by atoms with van der Waals surface area (Å²) in [5, 5.41) is 23.7. The van der Waals surface area contributed by atoms with Crippen LogP contribution in [-0.4, -0.2) is 39.4 Å². The Bertz CT molecular complexity index is 1140. The van der Waals surface area contributed by atoms with Crippen LogP contribution in [0.5, 0.6) is 0 Å². The molecule has 0 bridgehead atoms. The van der Waals surface area contributed by atoms with Gasteiger partial charge in [-0.05, 0) is 131 Å². The van der Waals surface area contributed by atoms with Gasteiger partial charge in [-0.25, -0.2) is 0 Å². The van der Waals surface area contributed by atoms with Gasteiger partial charge >= 0.3 is 5.51 Å². The number of carbonyl (C=O) groups excluding carboxylic acids is 1. The number of allylic oxidation sites excluding steroid dienone is 3. The standard InChI is InChI=1S/C34H48F3NO3S/c1-22(7-5-17-32(2,3)41)29-15-16-30-24(8-6-18-33(29,30)4)10-9-23-19-26(21-27(39)20-23)38-31(40)25-11-13-28(14-12-25)42-34(35,36)37/h9-14,22,26-27,29-30,39,41H,5-8,15-21H2,1-4H3,(H,38,40)/b23-9+,24-10+/t22-,26+,27-,29-,30+,33-/m1/s1. The first kappa shape index (κ1) is 33.1. The number of nitrogens with one attached hydrogen (secondary N) is 1. The zero-order chi connectivity index (χ0) is 30.7. The molecule has 42 heavy (non-hydrogen) atoms. The van der Waals surface area contributed by atoms with Crippen LogP contribution < -0.4 is 5.32 Å². The zero-order valence-corrected chi connectivity index (χ0v) is 26.3. The number of aliphatic hydroxyl groups excluding tert-OH is 1. The first-order valence-electron chi connectivity index (χ1n) is 15.6. The molecule has 3 aliphatic rings. The molecular formula is C34H48F3NO3S. The Morgan fingerprint density at radius 1 is 1.17 bits per heavy atom. The Hall–Kier alpha value is -1.77. The molecule has 0 unspecified atom stereocenters. The van der Waals surface area contributed by atoms with Gasteiger partial charge in [0.1, 0.15) is 0 Å². The molecule has 0 radical (unpaired) electrons. The zero-order valence-electron chi connectivity index (χ0n) is 25.5. The second-order valence-electron chi connectivity index (χ2n) is 13.9. The number of amides is 1. The SMILES string of the molecule is C[C@H](CCCC(C)(C)O)[C@H]1CC[C@H]2/C(=C/C=C3/C[C@@H](O)C[C@@H](NC(=O)c4ccc(SC(F)(F)F)cc4)C3)CCC[C@]12C. The van der Waals surface area contributed by atoms with Crippen LogP contribution in [0.25, 0.3) is 0 Å². The van der Waals surface area contributed by atoms with Gasteiger partial charge in [-0.15, -0.1) is 0 Å². The molecule has 4 nitrogen and oxygen atoms in total. The molecule has 4 rings (SSSR count). The van der Waals surface area contributed by atoms with Crippen LogP contribution in [0.1, 0.15) is 109 Å². The lowest BCUT2D eigenvalue weighted by atomic mass is 9.60. The van der Waals surface area contributed by atoms with E-state index in [1.54, 1.807) is 0 Å². The molecule has 0 spiro atoms. The number of carbonyl (C=O) groups is 1. The van der Waals surface area contributed by atoms with Crippen molar-refractivity contribution in [3.05, 3.63) is 53.1 Å². The van der Waals surface area contributed by atoms with Crippen molar-refractivity contribution in [3.8, 4) is 0 Å². The molecule has 1 aromatic rings. The smallest absolute Gasteiger partial charge is 0.393 e. The van der Waals surface area contributed by atoms with E-state index in [1.807, 2.05) is 13.8 Å². The molecule has 1 amide bonds. The van der Waals surface area contributed by atoms with E-state index in [1.165, 1.54) is 55.5 Å². The topological polar surface area (TPSA) is 69.6 Å². The summed E-state index contributed by atoms with van der Waals surface area (Å²) < 4.78 is 37.8. The van der Waals surface area contributed by atoms with Gasteiger partial charge in [0.2, 0.25) is 0 Å².